The summed E-state index contributed by atoms with van der Waals surface area (Å²) in [5.41, 5.74) is 0. The van der Waals surface area contributed by atoms with E-state index in [1.807, 2.05) is 21.6 Å². The van der Waals surface area contributed by atoms with Crippen LogP contribution in [0.3, 0.4) is 0 Å². The van der Waals surface area contributed by atoms with Crippen LogP contribution >= 0.6 is 21.6 Å². The van der Waals surface area contributed by atoms with E-state index in [-0.39, 0.29) is 19.1 Å². The third-order valence-corrected chi connectivity index (χ3v) is 7.47. The lowest BCUT2D eigenvalue weighted by Crippen LogP contribution is -2.59. The van der Waals surface area contributed by atoms with Gasteiger partial charge in [-0.05, 0) is 19.3 Å². The number of nitrogens with one attached hydrogen (secondary N) is 1. The molecule has 2 aliphatic heterocycles. The summed E-state index contributed by atoms with van der Waals surface area (Å²) in [6.45, 7) is -0.160. The zero-order valence-electron chi connectivity index (χ0n) is 14.7. The van der Waals surface area contributed by atoms with Crippen LogP contribution in [0, 0.1) is 0 Å². The third kappa shape index (κ3) is 6.83. The van der Waals surface area contributed by atoms with Crippen molar-refractivity contribution in [3.63, 3.8) is 0 Å². The lowest BCUT2D eigenvalue weighted by molar-refractivity contribution is -0.300. The third-order valence-electron chi connectivity index (χ3n) is 4.46. The standard InChI is InChI=1S/C16H29NO7S2/c18-9-11-13(20)14(21)15(22)16(24-11)23-7-6-17-12(19)4-2-1-3-10-5-8-25-26-10/h10-11,13-16,18,20-22H,1-9H2,(H,17,19)/t10?,11-,13-,14+,15+,16+/m1/s1. The fourth-order valence-electron chi connectivity index (χ4n) is 2.88. The topological polar surface area (TPSA) is 128 Å². The summed E-state index contributed by atoms with van der Waals surface area (Å²) in [6, 6.07) is 0. The number of amides is 1. The summed E-state index contributed by atoms with van der Waals surface area (Å²) >= 11 is 0. The van der Waals surface area contributed by atoms with E-state index in [0.717, 1.165) is 24.5 Å². The summed E-state index contributed by atoms with van der Waals surface area (Å²) in [6.07, 6.45) is -1.64. The van der Waals surface area contributed by atoms with Gasteiger partial charge in [-0.1, -0.05) is 28.0 Å². The minimum absolute atomic E-state index is 0.0455. The van der Waals surface area contributed by atoms with Crippen LogP contribution in [-0.2, 0) is 14.3 Å². The zero-order valence-corrected chi connectivity index (χ0v) is 16.3. The molecule has 10 heteroatoms. The van der Waals surface area contributed by atoms with E-state index in [0.29, 0.717) is 6.42 Å². The van der Waals surface area contributed by atoms with Crippen LogP contribution in [0.25, 0.3) is 0 Å². The number of aliphatic hydroxyl groups excluding tert-OH is 4. The van der Waals surface area contributed by atoms with Crippen molar-refractivity contribution in [1.29, 1.82) is 0 Å². The maximum Gasteiger partial charge on any atom is 0.220 e. The van der Waals surface area contributed by atoms with Gasteiger partial charge in [-0.25, -0.2) is 0 Å². The molecule has 2 aliphatic rings. The van der Waals surface area contributed by atoms with Gasteiger partial charge >= 0.3 is 0 Å². The zero-order chi connectivity index (χ0) is 18.9. The van der Waals surface area contributed by atoms with Gasteiger partial charge in [-0.15, -0.1) is 0 Å². The molecular weight excluding hydrogens is 382 g/mol. The molecule has 8 nitrogen and oxygen atoms in total. The molecule has 0 aromatic rings. The highest BCUT2D eigenvalue weighted by Crippen LogP contribution is 2.39. The summed E-state index contributed by atoms with van der Waals surface area (Å²) in [5.74, 6) is 1.18. The molecule has 2 saturated heterocycles. The predicted octanol–water partition coefficient (Wildman–Crippen LogP) is -0.367. The van der Waals surface area contributed by atoms with Gasteiger partial charge in [0.05, 0.1) is 13.2 Å². The van der Waals surface area contributed by atoms with Crippen molar-refractivity contribution >= 4 is 27.5 Å². The van der Waals surface area contributed by atoms with Gasteiger partial charge in [0.15, 0.2) is 6.29 Å². The Bertz CT molecular complexity index is 423. The molecule has 2 rings (SSSR count). The Hall–Kier alpha value is -0.0700. The van der Waals surface area contributed by atoms with E-state index in [4.69, 9.17) is 14.6 Å². The lowest BCUT2D eigenvalue weighted by atomic mass is 9.99. The molecule has 1 unspecified atom stereocenters. The number of ether oxygens (including phenoxy) is 2. The molecule has 2 heterocycles. The van der Waals surface area contributed by atoms with E-state index in [9.17, 15) is 20.1 Å². The van der Waals surface area contributed by atoms with Crippen LogP contribution in [-0.4, -0.2) is 87.8 Å². The minimum atomic E-state index is -1.46. The quantitative estimate of drug-likeness (QED) is 0.242. The van der Waals surface area contributed by atoms with Crippen LogP contribution < -0.4 is 5.32 Å². The fourth-order valence-corrected chi connectivity index (χ4v) is 5.91. The molecule has 0 saturated carbocycles. The second-order valence-corrected chi connectivity index (χ2v) is 9.28. The highest BCUT2D eigenvalue weighted by molar-refractivity contribution is 8.77. The number of rotatable bonds is 10. The van der Waals surface area contributed by atoms with Gasteiger partial charge < -0.3 is 35.2 Å². The molecule has 0 radical (unpaired) electrons. The van der Waals surface area contributed by atoms with Gasteiger partial charge in [0.1, 0.15) is 24.4 Å². The maximum atomic E-state index is 11.8. The molecule has 5 N–H and O–H groups in total. The molecule has 6 atom stereocenters. The van der Waals surface area contributed by atoms with Gasteiger partial charge in [-0.2, -0.15) is 0 Å². The SMILES string of the molecule is O=C(CCCCC1CCSS1)NCCO[C@H]1O[C@H](CO)[C@@H](O)[C@H](O)[C@@H]1O. The van der Waals surface area contributed by atoms with Crippen molar-refractivity contribution < 1.29 is 34.7 Å². The first kappa shape index (κ1) is 22.2. The van der Waals surface area contributed by atoms with Crippen LogP contribution in [0.2, 0.25) is 0 Å². The number of unbranched alkanes of at least 4 members (excludes halogenated alkanes) is 1. The van der Waals surface area contributed by atoms with Crippen LogP contribution in [0.1, 0.15) is 32.1 Å². The summed E-state index contributed by atoms with van der Waals surface area (Å²) in [5, 5.41) is 41.8. The van der Waals surface area contributed by atoms with Crippen molar-refractivity contribution in [2.45, 2.75) is 68.1 Å². The summed E-state index contributed by atoms with van der Waals surface area (Å²) < 4.78 is 10.5. The van der Waals surface area contributed by atoms with Crippen LogP contribution in [0.4, 0.5) is 0 Å². The van der Waals surface area contributed by atoms with Crippen molar-refractivity contribution in [3.8, 4) is 0 Å². The molecule has 0 aromatic heterocycles. The smallest absolute Gasteiger partial charge is 0.220 e. The number of aliphatic hydroxyl groups is 4. The Morgan fingerprint density at radius 1 is 1.19 bits per heavy atom. The Balaban J connectivity index is 1.54. The molecule has 152 valence electrons. The molecule has 1 amide bonds. The molecule has 0 aliphatic carbocycles. The van der Waals surface area contributed by atoms with E-state index >= 15 is 0 Å². The van der Waals surface area contributed by atoms with E-state index in [1.165, 1.54) is 12.2 Å². The first-order chi connectivity index (χ1) is 12.5. The van der Waals surface area contributed by atoms with E-state index in [1.54, 1.807) is 0 Å². The molecule has 26 heavy (non-hydrogen) atoms. The fraction of sp³-hybridized carbons (Fsp3) is 0.938. The Morgan fingerprint density at radius 2 is 2.00 bits per heavy atom. The minimum Gasteiger partial charge on any atom is -0.394 e. The summed E-state index contributed by atoms with van der Waals surface area (Å²) in [4.78, 5) is 11.8. The highest BCUT2D eigenvalue weighted by Gasteiger charge is 2.43. The second-order valence-electron chi connectivity index (χ2n) is 6.49. The van der Waals surface area contributed by atoms with Crippen LogP contribution in [0.15, 0.2) is 0 Å². The molecule has 2 fully saturated rings. The number of carbonyl (C=O) groups excluding carboxylic acids is 1. The van der Waals surface area contributed by atoms with Crippen LogP contribution in [0.5, 0.6) is 0 Å². The van der Waals surface area contributed by atoms with Gasteiger partial charge in [0.2, 0.25) is 5.91 Å². The Kier molecular flexibility index (Phi) is 10.0. The highest BCUT2D eigenvalue weighted by atomic mass is 33.1. The lowest BCUT2D eigenvalue weighted by Gasteiger charge is -2.39. The number of carbonyl (C=O) groups is 1. The Morgan fingerprint density at radius 3 is 2.69 bits per heavy atom. The average Bonchev–Trinajstić information content (AvgIpc) is 3.15. The molecule has 0 aromatic carbocycles. The monoisotopic (exact) mass is 411 g/mol. The molecular formula is C16H29NO7S2. The van der Waals surface area contributed by atoms with Crippen molar-refractivity contribution in [2.75, 3.05) is 25.5 Å². The van der Waals surface area contributed by atoms with Gasteiger partial charge in [0, 0.05) is 24.0 Å². The predicted molar refractivity (Wildman–Crippen MR) is 99.7 cm³/mol. The van der Waals surface area contributed by atoms with Gasteiger partial charge in [-0.3, -0.25) is 4.79 Å². The van der Waals surface area contributed by atoms with E-state index in [2.05, 4.69) is 5.32 Å². The first-order valence-corrected chi connectivity index (χ1v) is 11.4. The summed E-state index contributed by atoms with van der Waals surface area (Å²) in [7, 11) is 3.88. The van der Waals surface area contributed by atoms with Gasteiger partial charge in [0.25, 0.3) is 0 Å². The maximum absolute atomic E-state index is 11.8. The number of hydrogen-bond donors (Lipinski definition) is 5. The molecule has 0 spiro atoms. The number of hydrogen-bond acceptors (Lipinski definition) is 9. The van der Waals surface area contributed by atoms with Crippen molar-refractivity contribution in [2.24, 2.45) is 0 Å². The molecule has 0 bridgehead atoms. The van der Waals surface area contributed by atoms with E-state index < -0.39 is 37.3 Å². The van der Waals surface area contributed by atoms with Crippen molar-refractivity contribution in [1.82, 2.24) is 5.32 Å². The normalized spacial score (nSPS) is 34.8. The first-order valence-electron chi connectivity index (χ1n) is 9.00. The Labute approximate surface area is 161 Å². The largest absolute Gasteiger partial charge is 0.394 e. The average molecular weight is 412 g/mol. The van der Waals surface area contributed by atoms with Crippen molar-refractivity contribution in [3.05, 3.63) is 0 Å². The second kappa shape index (κ2) is 11.7.